The number of esters is 2. The second-order valence-electron chi connectivity index (χ2n) is 5.02. The summed E-state index contributed by atoms with van der Waals surface area (Å²) in [6.07, 6.45) is 0.544. The zero-order chi connectivity index (χ0) is 19.7. The molecule has 3 N–H and O–H groups in total. The van der Waals surface area contributed by atoms with Gasteiger partial charge in [0.25, 0.3) is 5.91 Å². The highest BCUT2D eigenvalue weighted by Gasteiger charge is 2.17. The van der Waals surface area contributed by atoms with E-state index in [0.717, 1.165) is 6.07 Å². The lowest BCUT2D eigenvalue weighted by Crippen LogP contribution is -2.30. The van der Waals surface area contributed by atoms with E-state index >= 15 is 0 Å². The molecule has 0 spiro atoms. The zero-order valence-electron chi connectivity index (χ0n) is 14.0. The molecular formula is C15H19ClN2O7S. The first-order valence-electron chi connectivity index (χ1n) is 7.57. The summed E-state index contributed by atoms with van der Waals surface area (Å²) >= 11 is 5.72. The highest BCUT2D eigenvalue weighted by molar-refractivity contribution is 7.89. The fourth-order valence-corrected chi connectivity index (χ4v) is 2.88. The predicted octanol–water partition coefficient (Wildman–Crippen LogP) is 0.604. The lowest BCUT2D eigenvalue weighted by Gasteiger charge is -2.08. The standard InChI is InChI=1S/C15H19ClN2O7S/c1-2-24-14(20)4-3-7-18-13(19)9-25-15(21)10-5-6-11(16)12(8-10)26(17,22)23/h5-6,8H,2-4,7,9H2,1H3,(H,18,19)(H2,17,22,23). The van der Waals surface area contributed by atoms with Gasteiger partial charge in [-0.3, -0.25) is 9.59 Å². The fourth-order valence-electron chi connectivity index (χ4n) is 1.81. The number of hydrogen-bond acceptors (Lipinski definition) is 7. The van der Waals surface area contributed by atoms with Gasteiger partial charge in [-0.2, -0.15) is 0 Å². The number of sulfonamides is 1. The second kappa shape index (κ2) is 10.1. The maximum absolute atomic E-state index is 11.9. The molecule has 0 saturated heterocycles. The van der Waals surface area contributed by atoms with Crippen LogP contribution in [-0.2, 0) is 29.1 Å². The van der Waals surface area contributed by atoms with Crippen LogP contribution >= 0.6 is 11.6 Å². The van der Waals surface area contributed by atoms with E-state index in [2.05, 4.69) is 5.32 Å². The maximum Gasteiger partial charge on any atom is 0.338 e. The van der Waals surface area contributed by atoms with Crippen LogP contribution in [0.25, 0.3) is 0 Å². The van der Waals surface area contributed by atoms with Gasteiger partial charge in [-0.1, -0.05) is 11.6 Å². The number of ether oxygens (including phenoxy) is 2. The van der Waals surface area contributed by atoms with Crippen LogP contribution in [0.5, 0.6) is 0 Å². The van der Waals surface area contributed by atoms with Gasteiger partial charge in [-0.05, 0) is 31.5 Å². The number of nitrogens with two attached hydrogens (primary N) is 1. The van der Waals surface area contributed by atoms with Crippen LogP contribution in [0, 0.1) is 0 Å². The molecule has 0 aliphatic carbocycles. The summed E-state index contributed by atoms with van der Waals surface area (Å²) in [5.74, 6) is -1.84. The van der Waals surface area contributed by atoms with Crippen LogP contribution in [0.4, 0.5) is 0 Å². The Kier molecular flexibility index (Phi) is 8.49. The first kappa shape index (κ1) is 21.9. The lowest BCUT2D eigenvalue weighted by atomic mass is 10.2. The smallest absolute Gasteiger partial charge is 0.338 e. The highest BCUT2D eigenvalue weighted by atomic mass is 35.5. The Morgan fingerprint density at radius 1 is 1.23 bits per heavy atom. The Hall–Kier alpha value is -2.17. The zero-order valence-corrected chi connectivity index (χ0v) is 15.6. The quantitative estimate of drug-likeness (QED) is 0.451. The molecule has 0 bridgehead atoms. The van der Waals surface area contributed by atoms with Crippen molar-refractivity contribution in [2.75, 3.05) is 19.8 Å². The van der Waals surface area contributed by atoms with Gasteiger partial charge >= 0.3 is 11.9 Å². The van der Waals surface area contributed by atoms with Crippen molar-refractivity contribution in [3.8, 4) is 0 Å². The van der Waals surface area contributed by atoms with Crippen molar-refractivity contribution in [3.05, 3.63) is 28.8 Å². The number of benzene rings is 1. The predicted molar refractivity (Wildman–Crippen MR) is 92.0 cm³/mol. The Labute approximate surface area is 155 Å². The minimum Gasteiger partial charge on any atom is -0.466 e. The molecule has 1 rings (SSSR count). The molecule has 144 valence electrons. The molecule has 1 aromatic rings. The van der Waals surface area contributed by atoms with E-state index in [1.165, 1.54) is 12.1 Å². The van der Waals surface area contributed by atoms with Crippen LogP contribution in [0.2, 0.25) is 5.02 Å². The number of primary sulfonamides is 1. The molecular weight excluding hydrogens is 388 g/mol. The Bertz CT molecular complexity index is 780. The number of carbonyl (C=O) groups excluding carboxylic acids is 3. The van der Waals surface area contributed by atoms with Gasteiger partial charge in [0, 0.05) is 13.0 Å². The number of amides is 1. The van der Waals surface area contributed by atoms with Crippen molar-refractivity contribution >= 4 is 39.5 Å². The topological polar surface area (TPSA) is 142 Å². The van der Waals surface area contributed by atoms with E-state index in [4.69, 9.17) is 26.2 Å². The molecule has 0 aliphatic heterocycles. The molecule has 0 atom stereocenters. The van der Waals surface area contributed by atoms with Crippen molar-refractivity contribution in [1.29, 1.82) is 0 Å². The van der Waals surface area contributed by atoms with E-state index in [1.54, 1.807) is 6.92 Å². The average Bonchev–Trinajstić information content (AvgIpc) is 2.56. The minimum absolute atomic E-state index is 0.117. The van der Waals surface area contributed by atoms with Gasteiger partial charge in [0.05, 0.1) is 17.2 Å². The summed E-state index contributed by atoms with van der Waals surface area (Å²) < 4.78 is 32.3. The van der Waals surface area contributed by atoms with E-state index < -0.39 is 33.4 Å². The van der Waals surface area contributed by atoms with Gasteiger partial charge in [-0.15, -0.1) is 0 Å². The molecule has 9 nitrogen and oxygen atoms in total. The molecule has 0 aromatic heterocycles. The second-order valence-corrected chi connectivity index (χ2v) is 6.96. The normalized spacial score (nSPS) is 10.9. The molecule has 26 heavy (non-hydrogen) atoms. The van der Waals surface area contributed by atoms with Crippen molar-refractivity contribution in [2.24, 2.45) is 5.14 Å². The monoisotopic (exact) mass is 406 g/mol. The highest BCUT2D eigenvalue weighted by Crippen LogP contribution is 2.21. The largest absolute Gasteiger partial charge is 0.466 e. The van der Waals surface area contributed by atoms with Gasteiger partial charge in [-0.25, -0.2) is 18.4 Å². The van der Waals surface area contributed by atoms with Crippen LogP contribution in [0.3, 0.4) is 0 Å². The number of rotatable bonds is 9. The maximum atomic E-state index is 11.9. The molecule has 0 fully saturated rings. The molecule has 1 aromatic carbocycles. The van der Waals surface area contributed by atoms with Gasteiger partial charge in [0.2, 0.25) is 10.0 Å². The van der Waals surface area contributed by atoms with Gasteiger partial charge < -0.3 is 14.8 Å². The molecule has 0 heterocycles. The number of nitrogens with one attached hydrogen (secondary N) is 1. The van der Waals surface area contributed by atoms with Crippen molar-refractivity contribution in [3.63, 3.8) is 0 Å². The fraction of sp³-hybridized carbons (Fsp3) is 0.400. The van der Waals surface area contributed by atoms with Crippen LogP contribution in [-0.4, -0.2) is 46.0 Å². The van der Waals surface area contributed by atoms with Crippen LogP contribution < -0.4 is 10.5 Å². The average molecular weight is 407 g/mol. The lowest BCUT2D eigenvalue weighted by molar-refractivity contribution is -0.143. The third kappa shape index (κ3) is 7.38. The molecule has 0 unspecified atom stereocenters. The summed E-state index contributed by atoms with van der Waals surface area (Å²) in [6, 6.07) is 3.40. The SMILES string of the molecule is CCOC(=O)CCCNC(=O)COC(=O)c1ccc(Cl)c(S(N)(=O)=O)c1. The summed E-state index contributed by atoms with van der Waals surface area (Å²) in [5.41, 5.74) is -0.117. The Morgan fingerprint density at radius 2 is 1.92 bits per heavy atom. The number of halogens is 1. The summed E-state index contributed by atoms with van der Waals surface area (Å²) in [5, 5.41) is 7.33. The Balaban J connectivity index is 2.47. The third-order valence-corrected chi connectivity index (χ3v) is 4.39. The van der Waals surface area contributed by atoms with Crippen LogP contribution in [0.1, 0.15) is 30.1 Å². The number of hydrogen-bond donors (Lipinski definition) is 2. The molecule has 0 radical (unpaired) electrons. The molecule has 11 heteroatoms. The van der Waals surface area contributed by atoms with Crippen molar-refractivity contribution in [2.45, 2.75) is 24.7 Å². The van der Waals surface area contributed by atoms with Crippen molar-refractivity contribution in [1.82, 2.24) is 5.32 Å². The first-order chi connectivity index (χ1) is 12.1. The van der Waals surface area contributed by atoms with E-state index in [0.29, 0.717) is 13.0 Å². The summed E-state index contributed by atoms with van der Waals surface area (Å²) in [6.45, 7) is 1.64. The third-order valence-electron chi connectivity index (χ3n) is 2.99. The van der Waals surface area contributed by atoms with Crippen molar-refractivity contribution < 1.29 is 32.3 Å². The molecule has 0 saturated carbocycles. The van der Waals surface area contributed by atoms with Crippen LogP contribution in [0.15, 0.2) is 23.1 Å². The molecule has 1 amide bonds. The number of carbonyl (C=O) groups is 3. The molecule has 0 aliphatic rings. The van der Waals surface area contributed by atoms with E-state index in [1.807, 2.05) is 0 Å². The van der Waals surface area contributed by atoms with E-state index in [9.17, 15) is 22.8 Å². The van der Waals surface area contributed by atoms with E-state index in [-0.39, 0.29) is 29.5 Å². The van der Waals surface area contributed by atoms with Gasteiger partial charge in [0.1, 0.15) is 4.90 Å². The Morgan fingerprint density at radius 3 is 2.54 bits per heavy atom. The summed E-state index contributed by atoms with van der Waals surface area (Å²) in [4.78, 5) is 34.2. The minimum atomic E-state index is -4.10. The summed E-state index contributed by atoms with van der Waals surface area (Å²) in [7, 11) is -4.10. The van der Waals surface area contributed by atoms with Gasteiger partial charge in [0.15, 0.2) is 6.61 Å². The first-order valence-corrected chi connectivity index (χ1v) is 9.49.